The Morgan fingerprint density at radius 3 is 2.62 bits per heavy atom. The van der Waals surface area contributed by atoms with Crippen molar-refractivity contribution in [1.29, 1.82) is 0 Å². The molecule has 1 saturated heterocycles. The van der Waals surface area contributed by atoms with Gasteiger partial charge in [-0.3, -0.25) is 0 Å². The number of piperidine rings is 1. The predicted octanol–water partition coefficient (Wildman–Crippen LogP) is 2.06. The molecule has 1 rings (SSSR count). The number of rotatable bonds is 9. The minimum Gasteiger partial charge on any atom is -0.319 e. The Balaban J connectivity index is 2.74. The summed E-state index contributed by atoms with van der Waals surface area (Å²) in [5.74, 6) is 0.433. The molecule has 0 aromatic rings. The molecule has 0 spiro atoms. The summed E-state index contributed by atoms with van der Waals surface area (Å²) >= 11 is 0. The van der Waals surface area contributed by atoms with E-state index in [0.29, 0.717) is 25.6 Å². The number of hydrogen-bond acceptors (Lipinski definition) is 3. The van der Waals surface area contributed by atoms with Gasteiger partial charge < -0.3 is 5.32 Å². The number of hydrogen-bond donors (Lipinski definition) is 1. The third-order valence-electron chi connectivity index (χ3n) is 4.16. The van der Waals surface area contributed by atoms with Crippen LogP contribution >= 0.6 is 0 Å². The Morgan fingerprint density at radius 1 is 1.33 bits per heavy atom. The van der Waals surface area contributed by atoms with Gasteiger partial charge >= 0.3 is 0 Å². The van der Waals surface area contributed by atoms with Gasteiger partial charge in [-0.1, -0.05) is 19.8 Å². The van der Waals surface area contributed by atoms with Crippen molar-refractivity contribution in [2.24, 2.45) is 5.92 Å². The van der Waals surface area contributed by atoms with Gasteiger partial charge in [-0.15, -0.1) is 0 Å². The smallest absolute Gasteiger partial charge is 0.282 e. The molecular formula is C15H33N3O2S. The van der Waals surface area contributed by atoms with Crippen LogP contribution in [0.15, 0.2) is 0 Å². The van der Waals surface area contributed by atoms with E-state index < -0.39 is 10.2 Å². The average molecular weight is 320 g/mol. The molecule has 0 aromatic heterocycles. The van der Waals surface area contributed by atoms with Crippen LogP contribution in [0.5, 0.6) is 0 Å². The van der Waals surface area contributed by atoms with Crippen molar-refractivity contribution in [1.82, 2.24) is 13.9 Å². The highest BCUT2D eigenvalue weighted by Gasteiger charge is 2.34. The molecule has 21 heavy (non-hydrogen) atoms. The Bertz CT molecular complexity index is 382. The third-order valence-corrected chi connectivity index (χ3v) is 6.34. The first-order chi connectivity index (χ1) is 9.93. The summed E-state index contributed by atoms with van der Waals surface area (Å²) in [7, 11) is -1.39. The molecule has 126 valence electrons. The molecule has 1 atom stereocenters. The maximum atomic E-state index is 12.9. The fraction of sp³-hybridized carbons (Fsp3) is 1.00. The van der Waals surface area contributed by atoms with Gasteiger partial charge in [-0.2, -0.15) is 17.0 Å². The normalized spacial score (nSPS) is 21.3. The lowest BCUT2D eigenvalue weighted by atomic mass is 10.00. The molecule has 0 aromatic carbocycles. The summed E-state index contributed by atoms with van der Waals surface area (Å²) < 4.78 is 29.2. The van der Waals surface area contributed by atoms with E-state index in [4.69, 9.17) is 0 Å². The van der Waals surface area contributed by atoms with Gasteiger partial charge in [-0.25, -0.2) is 0 Å². The molecule has 0 saturated carbocycles. The van der Waals surface area contributed by atoms with Crippen LogP contribution in [0.25, 0.3) is 0 Å². The summed E-state index contributed by atoms with van der Waals surface area (Å²) in [5, 5.41) is 3.17. The van der Waals surface area contributed by atoms with Gasteiger partial charge in [0, 0.05) is 25.7 Å². The van der Waals surface area contributed by atoms with Crippen LogP contribution in [0.4, 0.5) is 0 Å². The summed E-state index contributed by atoms with van der Waals surface area (Å²) in [6.45, 7) is 8.93. The maximum Gasteiger partial charge on any atom is 0.282 e. The number of nitrogens with one attached hydrogen (secondary N) is 1. The highest BCUT2D eigenvalue weighted by Crippen LogP contribution is 2.22. The second kappa shape index (κ2) is 9.08. The van der Waals surface area contributed by atoms with E-state index in [-0.39, 0.29) is 6.04 Å². The lowest BCUT2D eigenvalue weighted by molar-refractivity contribution is 0.234. The third kappa shape index (κ3) is 5.51. The molecule has 0 amide bonds. The predicted molar refractivity (Wildman–Crippen MR) is 88.5 cm³/mol. The average Bonchev–Trinajstić information content (AvgIpc) is 2.43. The monoisotopic (exact) mass is 319 g/mol. The molecule has 5 nitrogen and oxygen atoms in total. The minimum atomic E-state index is -3.32. The van der Waals surface area contributed by atoms with Crippen LogP contribution in [-0.4, -0.2) is 56.3 Å². The molecule has 6 heteroatoms. The molecule has 0 bridgehead atoms. The quantitative estimate of drug-likeness (QED) is 0.662. The van der Waals surface area contributed by atoms with Crippen LogP contribution in [0.1, 0.15) is 52.9 Å². The van der Waals surface area contributed by atoms with Crippen molar-refractivity contribution >= 4 is 10.2 Å². The van der Waals surface area contributed by atoms with Crippen LogP contribution in [0.3, 0.4) is 0 Å². The molecule has 0 radical (unpaired) electrons. The van der Waals surface area contributed by atoms with Crippen molar-refractivity contribution in [3.8, 4) is 0 Å². The van der Waals surface area contributed by atoms with Gasteiger partial charge in [0.2, 0.25) is 0 Å². The van der Waals surface area contributed by atoms with Crippen molar-refractivity contribution in [2.75, 3.05) is 33.2 Å². The van der Waals surface area contributed by atoms with Gasteiger partial charge in [-0.05, 0) is 52.6 Å². The number of unbranched alkanes of at least 4 members (excludes halogenated alkanes) is 2. The minimum absolute atomic E-state index is 0.0246. The highest BCUT2D eigenvalue weighted by molar-refractivity contribution is 7.86. The van der Waals surface area contributed by atoms with Gasteiger partial charge in [0.15, 0.2) is 0 Å². The Kier molecular flexibility index (Phi) is 8.16. The van der Waals surface area contributed by atoms with Crippen LogP contribution in [0.2, 0.25) is 0 Å². The molecule has 1 N–H and O–H groups in total. The zero-order valence-corrected chi connectivity index (χ0v) is 15.0. The summed E-state index contributed by atoms with van der Waals surface area (Å²) in [4.78, 5) is 0. The topological polar surface area (TPSA) is 52.7 Å². The molecule has 1 fully saturated rings. The highest BCUT2D eigenvalue weighted by atomic mass is 32.2. The van der Waals surface area contributed by atoms with E-state index in [2.05, 4.69) is 12.2 Å². The molecule has 1 aliphatic rings. The molecule has 1 heterocycles. The number of nitrogens with zero attached hydrogens (tertiary/aromatic N) is 2. The van der Waals surface area contributed by atoms with Crippen molar-refractivity contribution in [3.63, 3.8) is 0 Å². The van der Waals surface area contributed by atoms with E-state index in [1.165, 1.54) is 0 Å². The van der Waals surface area contributed by atoms with E-state index >= 15 is 0 Å². The lowest BCUT2D eigenvalue weighted by Crippen LogP contribution is -2.51. The summed E-state index contributed by atoms with van der Waals surface area (Å²) in [6.07, 6.45) is 5.22. The largest absolute Gasteiger partial charge is 0.319 e. The van der Waals surface area contributed by atoms with Crippen LogP contribution < -0.4 is 5.32 Å². The van der Waals surface area contributed by atoms with Crippen molar-refractivity contribution < 1.29 is 8.42 Å². The molecule has 1 aliphatic heterocycles. The Labute approximate surface area is 131 Å². The van der Waals surface area contributed by atoms with E-state index in [1.807, 2.05) is 20.9 Å². The first-order valence-corrected chi connectivity index (χ1v) is 9.74. The molecule has 0 aliphatic carbocycles. The van der Waals surface area contributed by atoms with E-state index in [0.717, 1.165) is 38.6 Å². The first-order valence-electron chi connectivity index (χ1n) is 8.35. The summed E-state index contributed by atoms with van der Waals surface area (Å²) in [5.41, 5.74) is 0. The zero-order valence-electron chi connectivity index (χ0n) is 14.1. The maximum absolute atomic E-state index is 12.9. The van der Waals surface area contributed by atoms with E-state index in [1.54, 1.807) is 8.61 Å². The fourth-order valence-electron chi connectivity index (χ4n) is 3.00. The SMILES string of the molecule is CCCCCN(C(C)C)S(=O)(=O)N1CCCC(CNC)C1. The molecular weight excluding hydrogens is 286 g/mol. The second-order valence-electron chi connectivity index (χ2n) is 6.34. The van der Waals surface area contributed by atoms with Crippen molar-refractivity contribution in [2.45, 2.75) is 58.9 Å². The second-order valence-corrected chi connectivity index (χ2v) is 8.22. The van der Waals surface area contributed by atoms with Gasteiger partial charge in [0.25, 0.3) is 10.2 Å². The summed E-state index contributed by atoms with van der Waals surface area (Å²) in [6, 6.07) is 0.0246. The van der Waals surface area contributed by atoms with Gasteiger partial charge in [0.05, 0.1) is 0 Å². The van der Waals surface area contributed by atoms with E-state index in [9.17, 15) is 8.42 Å². The standard InChI is InChI=1S/C15H33N3O2S/c1-5-6-7-11-18(14(2)3)21(19,20)17-10-8-9-15(13-17)12-16-4/h14-16H,5-13H2,1-4H3. The Hall–Kier alpha value is -0.170. The van der Waals surface area contributed by atoms with Gasteiger partial charge in [0.1, 0.15) is 0 Å². The zero-order chi connectivity index (χ0) is 15.9. The first kappa shape index (κ1) is 18.9. The molecule has 1 unspecified atom stereocenters. The fourth-order valence-corrected chi connectivity index (χ4v) is 4.95. The lowest BCUT2D eigenvalue weighted by Gasteiger charge is -2.37. The van der Waals surface area contributed by atoms with Crippen LogP contribution in [0, 0.1) is 5.92 Å². The van der Waals surface area contributed by atoms with Crippen molar-refractivity contribution in [3.05, 3.63) is 0 Å². The van der Waals surface area contributed by atoms with Crippen LogP contribution in [-0.2, 0) is 10.2 Å². The Morgan fingerprint density at radius 2 is 2.05 bits per heavy atom.